The Labute approximate surface area is 178 Å². The Hall–Kier alpha value is -0.890. The van der Waals surface area contributed by atoms with Crippen molar-refractivity contribution in [3.8, 4) is 5.75 Å². The number of benzene rings is 2. The lowest BCUT2D eigenvalue weighted by molar-refractivity contribution is -0.117. The molecule has 3 rings (SSSR count). The molecular weight excluding hydrogens is 649 g/mol. The van der Waals surface area contributed by atoms with Crippen LogP contribution in [0.15, 0.2) is 42.0 Å². The average molecular weight is 658 g/mol. The van der Waals surface area contributed by atoms with Gasteiger partial charge in [-0.15, -0.1) is 0 Å². The Morgan fingerprint density at radius 1 is 1.00 bits per heavy atom. The van der Waals surface area contributed by atoms with Crippen LogP contribution in [0.2, 0.25) is 0 Å². The molecule has 2 aromatic rings. The molecule has 24 heavy (non-hydrogen) atoms. The molecule has 1 fully saturated rings. The van der Waals surface area contributed by atoms with Gasteiger partial charge in [-0.1, -0.05) is 0 Å². The number of aromatic hydroxyl groups is 1. The number of halogens is 3. The fourth-order valence-electron chi connectivity index (χ4n) is 2.18. The van der Waals surface area contributed by atoms with Crippen LogP contribution in [0.5, 0.6) is 5.75 Å². The summed E-state index contributed by atoms with van der Waals surface area (Å²) in [5, 5.41) is 11.4. The maximum atomic E-state index is 12.6. The summed E-state index contributed by atoms with van der Waals surface area (Å²) in [7, 11) is 0. The Bertz CT molecular complexity index is 879. The summed E-state index contributed by atoms with van der Waals surface area (Å²) in [6.45, 7) is 0. The van der Waals surface area contributed by atoms with Crippen LogP contribution in [0, 0.1) is 10.7 Å². The van der Waals surface area contributed by atoms with E-state index in [4.69, 9.17) is 0 Å². The van der Waals surface area contributed by atoms with Crippen LogP contribution in [0.3, 0.4) is 0 Å². The van der Waals surface area contributed by atoms with Crippen molar-refractivity contribution in [2.75, 3.05) is 5.01 Å². The molecular formula is C16H9I3N2O3. The van der Waals surface area contributed by atoms with E-state index in [0.717, 1.165) is 7.14 Å². The second kappa shape index (κ2) is 7.15. The van der Waals surface area contributed by atoms with Crippen LogP contribution < -0.4 is 10.4 Å². The normalized spacial score (nSPS) is 16.0. The fourth-order valence-corrected chi connectivity index (χ4v) is 4.43. The van der Waals surface area contributed by atoms with E-state index >= 15 is 0 Å². The Morgan fingerprint density at radius 2 is 1.67 bits per heavy atom. The number of nitrogens with zero attached hydrogens (tertiary/aromatic N) is 1. The largest absolute Gasteiger partial charge is 0.506 e. The zero-order valence-corrected chi connectivity index (χ0v) is 18.4. The van der Waals surface area contributed by atoms with E-state index in [2.05, 4.69) is 50.6 Å². The Kier molecular flexibility index (Phi) is 5.34. The second-order valence-electron chi connectivity index (χ2n) is 4.94. The summed E-state index contributed by atoms with van der Waals surface area (Å²) < 4.78 is 2.59. The van der Waals surface area contributed by atoms with Gasteiger partial charge in [0.15, 0.2) is 0 Å². The summed E-state index contributed by atoms with van der Waals surface area (Å²) in [4.78, 5) is 24.8. The van der Waals surface area contributed by atoms with Gasteiger partial charge in [-0.3, -0.25) is 15.0 Å². The van der Waals surface area contributed by atoms with Crippen molar-refractivity contribution in [2.24, 2.45) is 0 Å². The zero-order chi connectivity index (χ0) is 17.4. The number of carbonyl (C=O) groups excluding carboxylic acids is 2. The van der Waals surface area contributed by atoms with Crippen LogP contribution in [-0.2, 0) is 9.59 Å². The van der Waals surface area contributed by atoms with Gasteiger partial charge in [0.1, 0.15) is 11.3 Å². The summed E-state index contributed by atoms with van der Waals surface area (Å²) in [5.41, 5.74) is 3.56. The number of hydrogen-bond acceptors (Lipinski definition) is 3. The SMILES string of the molecule is O=C1NN(c2ccc(I)cc2)C(=O)C1=Cc1cc(I)cc(I)c1O. The Morgan fingerprint density at radius 3 is 2.33 bits per heavy atom. The smallest absolute Gasteiger partial charge is 0.282 e. The second-order valence-corrected chi connectivity index (χ2v) is 8.59. The minimum Gasteiger partial charge on any atom is -0.506 e. The molecule has 2 aromatic carbocycles. The number of hydrogen-bond donors (Lipinski definition) is 2. The molecule has 2 amide bonds. The number of phenolic OH excluding ortho intramolecular Hbond substituents is 1. The molecule has 0 aliphatic carbocycles. The van der Waals surface area contributed by atoms with Crippen LogP contribution in [0.25, 0.3) is 6.08 Å². The van der Waals surface area contributed by atoms with Gasteiger partial charge in [-0.05, 0) is 110 Å². The van der Waals surface area contributed by atoms with Gasteiger partial charge in [-0.2, -0.15) is 0 Å². The third-order valence-electron chi connectivity index (χ3n) is 3.33. The van der Waals surface area contributed by atoms with Crippen molar-refractivity contribution in [1.82, 2.24) is 5.43 Å². The first kappa shape index (κ1) is 17.9. The molecule has 122 valence electrons. The van der Waals surface area contributed by atoms with E-state index < -0.39 is 11.8 Å². The van der Waals surface area contributed by atoms with Crippen molar-refractivity contribution >= 4 is 91.4 Å². The van der Waals surface area contributed by atoms with Crippen molar-refractivity contribution in [3.63, 3.8) is 0 Å². The van der Waals surface area contributed by atoms with Crippen LogP contribution in [0.4, 0.5) is 5.69 Å². The molecule has 2 N–H and O–H groups in total. The van der Waals surface area contributed by atoms with E-state index in [1.165, 1.54) is 11.1 Å². The van der Waals surface area contributed by atoms with Crippen molar-refractivity contribution in [2.45, 2.75) is 0 Å². The molecule has 1 aliphatic rings. The number of hydrazine groups is 1. The number of amides is 2. The first-order valence-electron chi connectivity index (χ1n) is 6.67. The average Bonchev–Trinajstić information content (AvgIpc) is 2.81. The number of carbonyl (C=O) groups is 2. The highest BCUT2D eigenvalue weighted by atomic mass is 127. The van der Waals surface area contributed by atoms with Crippen molar-refractivity contribution in [1.29, 1.82) is 0 Å². The van der Waals surface area contributed by atoms with Crippen LogP contribution >= 0.6 is 67.8 Å². The van der Waals surface area contributed by atoms with Gasteiger partial charge in [0, 0.05) is 12.7 Å². The molecule has 8 heteroatoms. The van der Waals surface area contributed by atoms with Crippen LogP contribution in [0.1, 0.15) is 5.56 Å². The fraction of sp³-hybridized carbons (Fsp3) is 0. The molecule has 1 saturated heterocycles. The predicted molar refractivity (Wildman–Crippen MR) is 116 cm³/mol. The number of nitrogens with one attached hydrogen (secondary N) is 1. The summed E-state index contributed by atoms with van der Waals surface area (Å²) in [5.74, 6) is -0.891. The number of rotatable bonds is 2. The van der Waals surface area contributed by atoms with E-state index in [9.17, 15) is 14.7 Å². The van der Waals surface area contributed by atoms with Crippen molar-refractivity contribution in [3.05, 3.63) is 58.2 Å². The molecule has 0 saturated carbocycles. The lowest BCUT2D eigenvalue weighted by atomic mass is 10.1. The third-order valence-corrected chi connectivity index (χ3v) is 5.50. The molecule has 5 nitrogen and oxygen atoms in total. The van der Waals surface area contributed by atoms with Crippen molar-refractivity contribution < 1.29 is 14.7 Å². The van der Waals surface area contributed by atoms with E-state index in [0.29, 0.717) is 14.8 Å². The maximum absolute atomic E-state index is 12.6. The topological polar surface area (TPSA) is 69.6 Å². The van der Waals surface area contributed by atoms with Gasteiger partial charge in [-0.25, -0.2) is 5.01 Å². The third kappa shape index (κ3) is 3.54. The number of anilines is 1. The van der Waals surface area contributed by atoms with Gasteiger partial charge in [0.25, 0.3) is 11.8 Å². The highest BCUT2D eigenvalue weighted by molar-refractivity contribution is 14.1. The van der Waals surface area contributed by atoms with E-state index in [1.807, 2.05) is 40.8 Å². The predicted octanol–water partition coefficient (Wildman–Crippen LogP) is 3.67. The van der Waals surface area contributed by atoms with E-state index in [1.54, 1.807) is 18.2 Å². The molecule has 0 spiro atoms. The highest BCUT2D eigenvalue weighted by Gasteiger charge is 2.34. The standard InChI is InChI=1S/C16H9I3N2O3/c17-9-1-3-11(4-2-9)21-16(24)12(15(23)20-21)6-8-5-10(18)7-13(19)14(8)22/h1-7,22H,(H,20,23). The van der Waals surface area contributed by atoms with Gasteiger partial charge in [0.2, 0.25) is 0 Å². The van der Waals surface area contributed by atoms with Gasteiger partial charge >= 0.3 is 0 Å². The first-order valence-corrected chi connectivity index (χ1v) is 9.91. The molecule has 0 aromatic heterocycles. The zero-order valence-electron chi connectivity index (χ0n) is 11.9. The van der Waals surface area contributed by atoms with E-state index in [-0.39, 0.29) is 11.3 Å². The highest BCUT2D eigenvalue weighted by Crippen LogP contribution is 2.30. The summed E-state index contributed by atoms with van der Waals surface area (Å²) in [6, 6.07) is 10.8. The molecule has 0 bridgehead atoms. The molecule has 1 heterocycles. The minimum atomic E-state index is -0.494. The molecule has 1 aliphatic heterocycles. The van der Waals surface area contributed by atoms with Crippen LogP contribution in [-0.4, -0.2) is 16.9 Å². The lowest BCUT2D eigenvalue weighted by Crippen LogP contribution is -2.35. The quantitative estimate of drug-likeness (QED) is 0.295. The first-order chi connectivity index (χ1) is 11.4. The molecule has 0 unspecified atom stereocenters. The number of phenols is 1. The van der Waals surface area contributed by atoms with Gasteiger partial charge in [0.05, 0.1) is 9.26 Å². The summed E-state index contributed by atoms with van der Waals surface area (Å²) >= 11 is 6.29. The maximum Gasteiger partial charge on any atom is 0.282 e. The molecule has 0 atom stereocenters. The Balaban J connectivity index is 1.99. The monoisotopic (exact) mass is 658 g/mol. The summed E-state index contributed by atoms with van der Waals surface area (Å²) in [6.07, 6.45) is 1.42. The lowest BCUT2D eigenvalue weighted by Gasteiger charge is -2.14. The van der Waals surface area contributed by atoms with Gasteiger partial charge < -0.3 is 5.11 Å². The molecule has 0 radical (unpaired) electrons. The minimum absolute atomic E-state index is 0.0124.